The number of amides is 1. The van der Waals surface area contributed by atoms with Gasteiger partial charge in [0, 0.05) is 24.0 Å². The smallest absolute Gasteiger partial charge is 0.220 e. The maximum atomic E-state index is 12.2. The topological polar surface area (TPSA) is 59.8 Å². The average molecular weight is 393 g/mol. The van der Waals surface area contributed by atoms with Crippen LogP contribution < -0.4 is 5.32 Å². The third kappa shape index (κ3) is 4.66. The van der Waals surface area contributed by atoms with Crippen LogP contribution in [0.1, 0.15) is 54.8 Å². The summed E-state index contributed by atoms with van der Waals surface area (Å²) in [6, 6.07) is 8.32. The lowest BCUT2D eigenvalue weighted by atomic mass is 9.99. The van der Waals surface area contributed by atoms with E-state index in [1.165, 1.54) is 11.1 Å². The summed E-state index contributed by atoms with van der Waals surface area (Å²) < 4.78 is 1.92. The van der Waals surface area contributed by atoms with E-state index >= 15 is 0 Å². The summed E-state index contributed by atoms with van der Waals surface area (Å²) in [6.07, 6.45) is 2.19. The second-order valence-electron chi connectivity index (χ2n) is 8.36. The van der Waals surface area contributed by atoms with Gasteiger partial charge in [-0.05, 0) is 69.7 Å². The fourth-order valence-corrected chi connectivity index (χ4v) is 3.77. The Morgan fingerprint density at radius 3 is 2.41 bits per heavy atom. The number of fused-ring (bicyclic) bond motifs is 1. The number of rotatable bonds is 7. The highest BCUT2D eigenvalue weighted by Gasteiger charge is 2.18. The number of aryl methyl sites for hydroxylation is 4. The lowest BCUT2D eigenvalue weighted by Gasteiger charge is -2.12. The molecule has 5 nitrogen and oxygen atoms in total. The van der Waals surface area contributed by atoms with E-state index in [0.717, 1.165) is 46.6 Å². The molecule has 0 radical (unpaired) electrons. The van der Waals surface area contributed by atoms with E-state index < -0.39 is 0 Å². The number of pyridine rings is 1. The summed E-state index contributed by atoms with van der Waals surface area (Å²) in [4.78, 5) is 17.1. The van der Waals surface area contributed by atoms with Gasteiger partial charge in [0.2, 0.25) is 5.91 Å². The van der Waals surface area contributed by atoms with Crippen molar-refractivity contribution in [3.63, 3.8) is 0 Å². The van der Waals surface area contributed by atoms with Gasteiger partial charge in [0.15, 0.2) is 5.65 Å². The van der Waals surface area contributed by atoms with Crippen molar-refractivity contribution in [2.45, 2.75) is 60.8 Å². The zero-order valence-electron chi connectivity index (χ0n) is 18.5. The number of carbonyl (C=O) groups is 1. The Morgan fingerprint density at radius 1 is 1.07 bits per heavy atom. The van der Waals surface area contributed by atoms with Gasteiger partial charge in [0.1, 0.15) is 0 Å². The van der Waals surface area contributed by atoms with Crippen LogP contribution in [0.4, 0.5) is 0 Å². The number of aromatic nitrogens is 3. The summed E-state index contributed by atoms with van der Waals surface area (Å²) in [5.41, 5.74) is 7.38. The molecule has 0 aliphatic carbocycles. The molecule has 2 heterocycles. The molecule has 0 saturated heterocycles. The summed E-state index contributed by atoms with van der Waals surface area (Å²) in [6.45, 7) is 13.3. The maximum absolute atomic E-state index is 12.2. The van der Waals surface area contributed by atoms with E-state index in [2.05, 4.69) is 57.3 Å². The van der Waals surface area contributed by atoms with Crippen molar-refractivity contribution in [2.24, 2.45) is 5.92 Å². The molecule has 0 bridgehead atoms. The van der Waals surface area contributed by atoms with E-state index in [0.29, 0.717) is 18.8 Å². The van der Waals surface area contributed by atoms with Crippen LogP contribution in [-0.2, 0) is 11.2 Å². The van der Waals surface area contributed by atoms with Crippen molar-refractivity contribution in [3.05, 3.63) is 52.3 Å². The Labute approximate surface area is 173 Å². The van der Waals surface area contributed by atoms with Crippen LogP contribution in [0.15, 0.2) is 24.3 Å². The molecule has 3 rings (SSSR count). The highest BCUT2D eigenvalue weighted by molar-refractivity contribution is 5.85. The zero-order valence-corrected chi connectivity index (χ0v) is 18.5. The molecule has 0 fully saturated rings. The first-order chi connectivity index (χ1) is 13.8. The molecule has 0 aliphatic heterocycles. The first kappa shape index (κ1) is 21.0. The number of hydrogen-bond acceptors (Lipinski definition) is 3. The molecule has 0 saturated carbocycles. The van der Waals surface area contributed by atoms with Gasteiger partial charge in [-0.1, -0.05) is 31.5 Å². The van der Waals surface area contributed by atoms with E-state index in [1.54, 1.807) is 0 Å². The molecule has 1 amide bonds. The largest absolute Gasteiger partial charge is 0.356 e. The average Bonchev–Trinajstić information content (AvgIpc) is 2.98. The zero-order chi connectivity index (χ0) is 21.1. The molecule has 0 atom stereocenters. The van der Waals surface area contributed by atoms with Crippen molar-refractivity contribution in [3.8, 4) is 5.69 Å². The van der Waals surface area contributed by atoms with Gasteiger partial charge in [0.05, 0.1) is 11.4 Å². The monoisotopic (exact) mass is 392 g/mol. The van der Waals surface area contributed by atoms with Crippen molar-refractivity contribution in [1.82, 2.24) is 20.1 Å². The number of hydrogen-bond donors (Lipinski definition) is 1. The van der Waals surface area contributed by atoms with Crippen molar-refractivity contribution >= 4 is 16.9 Å². The standard InChI is InChI=1S/C24H32N4O/c1-15(2)13-14-25-22(29)12-11-21-17(4)23-19(6)27-28(24(23)26-18(21)5)20-9-7-16(3)8-10-20/h7-10,15H,11-14H2,1-6H3,(H,25,29). The minimum absolute atomic E-state index is 0.108. The van der Waals surface area contributed by atoms with Crippen LogP contribution in [0.25, 0.3) is 16.7 Å². The van der Waals surface area contributed by atoms with Gasteiger partial charge in [0.25, 0.3) is 0 Å². The van der Waals surface area contributed by atoms with Gasteiger partial charge >= 0.3 is 0 Å². The predicted molar refractivity (Wildman–Crippen MR) is 119 cm³/mol. The molecule has 0 unspecified atom stereocenters. The van der Waals surface area contributed by atoms with Crippen LogP contribution >= 0.6 is 0 Å². The third-order valence-electron chi connectivity index (χ3n) is 5.50. The minimum atomic E-state index is 0.108. The molecule has 5 heteroatoms. The molecule has 1 N–H and O–H groups in total. The number of benzene rings is 1. The van der Waals surface area contributed by atoms with Crippen LogP contribution in [-0.4, -0.2) is 27.2 Å². The van der Waals surface area contributed by atoms with E-state index in [-0.39, 0.29) is 5.91 Å². The molecular weight excluding hydrogens is 360 g/mol. The highest BCUT2D eigenvalue weighted by atomic mass is 16.1. The first-order valence-electron chi connectivity index (χ1n) is 10.5. The maximum Gasteiger partial charge on any atom is 0.220 e. The van der Waals surface area contributed by atoms with Gasteiger partial charge in [-0.3, -0.25) is 4.79 Å². The first-order valence-corrected chi connectivity index (χ1v) is 10.5. The van der Waals surface area contributed by atoms with Gasteiger partial charge < -0.3 is 5.32 Å². The van der Waals surface area contributed by atoms with Gasteiger partial charge in [-0.25, -0.2) is 9.67 Å². The van der Waals surface area contributed by atoms with Crippen LogP contribution in [0, 0.1) is 33.6 Å². The Hall–Kier alpha value is -2.69. The van der Waals surface area contributed by atoms with Gasteiger partial charge in [-0.2, -0.15) is 5.10 Å². The second kappa shape index (κ2) is 8.76. The number of carbonyl (C=O) groups excluding carboxylic acids is 1. The van der Waals surface area contributed by atoms with Crippen LogP contribution in [0.3, 0.4) is 0 Å². The number of nitrogens with zero attached hydrogens (tertiary/aromatic N) is 3. The van der Waals surface area contributed by atoms with Crippen LogP contribution in [0.2, 0.25) is 0 Å². The van der Waals surface area contributed by atoms with Crippen molar-refractivity contribution in [2.75, 3.05) is 6.54 Å². The Balaban J connectivity index is 1.86. The summed E-state index contributed by atoms with van der Waals surface area (Å²) in [5.74, 6) is 0.705. The molecule has 2 aromatic heterocycles. The van der Waals surface area contributed by atoms with Crippen molar-refractivity contribution < 1.29 is 4.79 Å². The summed E-state index contributed by atoms with van der Waals surface area (Å²) in [5, 5.41) is 8.88. The fourth-order valence-electron chi connectivity index (χ4n) is 3.77. The van der Waals surface area contributed by atoms with E-state index in [9.17, 15) is 4.79 Å². The third-order valence-corrected chi connectivity index (χ3v) is 5.50. The molecular formula is C24H32N4O. The van der Waals surface area contributed by atoms with Crippen molar-refractivity contribution in [1.29, 1.82) is 0 Å². The SMILES string of the molecule is Cc1ccc(-n2nc(C)c3c(C)c(CCC(=O)NCCC(C)C)c(C)nc32)cc1. The molecule has 3 aromatic rings. The normalized spacial score (nSPS) is 11.4. The predicted octanol–water partition coefficient (Wildman–Crippen LogP) is 4.75. The van der Waals surface area contributed by atoms with Crippen LogP contribution in [0.5, 0.6) is 0 Å². The molecule has 0 spiro atoms. The quantitative estimate of drug-likeness (QED) is 0.631. The molecule has 29 heavy (non-hydrogen) atoms. The molecule has 154 valence electrons. The molecule has 1 aromatic carbocycles. The summed E-state index contributed by atoms with van der Waals surface area (Å²) in [7, 11) is 0. The highest BCUT2D eigenvalue weighted by Crippen LogP contribution is 2.28. The lowest BCUT2D eigenvalue weighted by Crippen LogP contribution is -2.25. The Morgan fingerprint density at radius 2 is 1.76 bits per heavy atom. The van der Waals surface area contributed by atoms with E-state index in [1.807, 2.05) is 18.5 Å². The second-order valence-corrected chi connectivity index (χ2v) is 8.36. The minimum Gasteiger partial charge on any atom is -0.356 e. The Kier molecular flexibility index (Phi) is 6.36. The molecule has 0 aliphatic rings. The van der Waals surface area contributed by atoms with E-state index in [4.69, 9.17) is 10.1 Å². The number of nitrogens with one attached hydrogen (secondary N) is 1. The lowest BCUT2D eigenvalue weighted by molar-refractivity contribution is -0.121. The fraction of sp³-hybridized carbons (Fsp3) is 0.458. The summed E-state index contributed by atoms with van der Waals surface area (Å²) >= 11 is 0. The van der Waals surface area contributed by atoms with Gasteiger partial charge in [-0.15, -0.1) is 0 Å². The Bertz CT molecular complexity index is 1020.